The van der Waals surface area contributed by atoms with Gasteiger partial charge in [0.25, 0.3) is 0 Å². The molecule has 1 aromatic heterocycles. The number of fused-ring (bicyclic) bond motifs is 1. The quantitative estimate of drug-likeness (QED) is 0.516. The van der Waals surface area contributed by atoms with Gasteiger partial charge in [-0.25, -0.2) is 4.98 Å². The number of pyridine rings is 1. The van der Waals surface area contributed by atoms with Crippen LogP contribution in [0.15, 0.2) is 54.6 Å². The highest BCUT2D eigenvalue weighted by Gasteiger charge is 2.19. The van der Waals surface area contributed by atoms with E-state index in [1.54, 1.807) is 0 Å². The number of amides is 1. The van der Waals surface area contributed by atoms with Gasteiger partial charge in [-0.1, -0.05) is 31.2 Å². The van der Waals surface area contributed by atoms with Crippen molar-refractivity contribution in [3.8, 4) is 17.0 Å². The van der Waals surface area contributed by atoms with Crippen LogP contribution in [-0.4, -0.2) is 55.1 Å². The van der Waals surface area contributed by atoms with E-state index >= 15 is 0 Å². The average Bonchev–Trinajstić information content (AvgIpc) is 2.83. The maximum Gasteiger partial charge on any atom is 0.217 e. The zero-order chi connectivity index (χ0) is 22.3. The fourth-order valence-corrected chi connectivity index (χ4v) is 4.16. The highest BCUT2D eigenvalue weighted by Crippen LogP contribution is 2.31. The number of anilines is 1. The molecule has 0 aliphatic carbocycles. The van der Waals surface area contributed by atoms with Gasteiger partial charge in [0.05, 0.1) is 12.3 Å². The summed E-state index contributed by atoms with van der Waals surface area (Å²) >= 11 is 0. The second-order valence-corrected chi connectivity index (χ2v) is 8.27. The first-order valence-electron chi connectivity index (χ1n) is 11.5. The summed E-state index contributed by atoms with van der Waals surface area (Å²) in [6, 6.07) is 18.8. The lowest BCUT2D eigenvalue weighted by Gasteiger charge is -2.35. The van der Waals surface area contributed by atoms with E-state index in [2.05, 4.69) is 59.2 Å². The number of likely N-dealkylation sites (N-methyl/N-ethyl adjacent to an activating group) is 1. The molecule has 6 heteroatoms. The Hall–Kier alpha value is -3.12. The molecule has 0 saturated carbocycles. The van der Waals surface area contributed by atoms with Crippen molar-refractivity contribution in [2.24, 2.45) is 5.73 Å². The second-order valence-electron chi connectivity index (χ2n) is 8.27. The number of ether oxygens (including phenoxy) is 1. The Labute approximate surface area is 190 Å². The number of nitrogens with zero attached hydrogens (tertiary/aromatic N) is 3. The lowest BCUT2D eigenvalue weighted by atomic mass is 10.1. The number of hydrogen-bond donors (Lipinski definition) is 1. The van der Waals surface area contributed by atoms with E-state index in [1.165, 1.54) is 10.8 Å². The number of primary amides is 1. The molecule has 168 valence electrons. The molecule has 0 spiro atoms. The number of carbonyl (C=O) groups is 1. The van der Waals surface area contributed by atoms with Crippen LogP contribution in [0.5, 0.6) is 5.75 Å². The van der Waals surface area contributed by atoms with Crippen molar-refractivity contribution in [2.45, 2.75) is 26.2 Å². The van der Waals surface area contributed by atoms with Gasteiger partial charge in [0.1, 0.15) is 11.6 Å². The fourth-order valence-electron chi connectivity index (χ4n) is 4.16. The first-order valence-corrected chi connectivity index (χ1v) is 11.5. The van der Waals surface area contributed by atoms with E-state index < -0.39 is 0 Å². The monoisotopic (exact) mass is 432 g/mol. The summed E-state index contributed by atoms with van der Waals surface area (Å²) in [5.41, 5.74) is 7.22. The van der Waals surface area contributed by atoms with Gasteiger partial charge in [-0.15, -0.1) is 0 Å². The Kier molecular flexibility index (Phi) is 7.22. The minimum atomic E-state index is -0.260. The Morgan fingerprint density at radius 1 is 1.03 bits per heavy atom. The van der Waals surface area contributed by atoms with Crippen LogP contribution < -0.4 is 15.4 Å². The van der Waals surface area contributed by atoms with Crippen molar-refractivity contribution in [1.82, 2.24) is 9.88 Å². The average molecular weight is 433 g/mol. The summed E-state index contributed by atoms with van der Waals surface area (Å²) in [5, 5.41) is 2.41. The Morgan fingerprint density at radius 2 is 1.78 bits per heavy atom. The molecule has 0 bridgehead atoms. The maximum atomic E-state index is 10.8. The number of unbranched alkanes of at least 4 members (excludes halogenated alkanes) is 1. The molecule has 6 nitrogen and oxygen atoms in total. The molecular weight excluding hydrogens is 400 g/mol. The van der Waals surface area contributed by atoms with E-state index in [9.17, 15) is 4.79 Å². The molecule has 1 aliphatic rings. The lowest BCUT2D eigenvalue weighted by molar-refractivity contribution is -0.118. The molecule has 0 radical (unpaired) electrons. The Bertz CT molecular complexity index is 1040. The highest BCUT2D eigenvalue weighted by atomic mass is 16.5. The molecule has 1 amide bonds. The molecule has 2 aromatic carbocycles. The van der Waals surface area contributed by atoms with Crippen LogP contribution in [0.25, 0.3) is 22.0 Å². The SMILES string of the molecule is CCN1CCN(c2nc(-c3ccc(OCCCCC(N)=O)cc3)cc3ccccc23)CC1. The standard InChI is InChI=1S/C26H32N4O2/c1-2-29-14-16-30(17-15-29)26-23-8-4-3-7-21(23)19-24(28-26)20-10-12-22(13-11-20)32-18-6-5-9-25(27)31/h3-4,7-8,10-13,19H,2,5-6,9,14-18H2,1H3,(H2,27,31). The fraction of sp³-hybridized carbons (Fsp3) is 0.385. The van der Waals surface area contributed by atoms with E-state index in [-0.39, 0.29) is 5.91 Å². The normalized spacial score (nSPS) is 14.6. The van der Waals surface area contributed by atoms with Gasteiger partial charge < -0.3 is 20.3 Å². The van der Waals surface area contributed by atoms with Crippen molar-refractivity contribution in [1.29, 1.82) is 0 Å². The summed E-state index contributed by atoms with van der Waals surface area (Å²) in [5.74, 6) is 1.64. The van der Waals surface area contributed by atoms with Crippen molar-refractivity contribution in [3.63, 3.8) is 0 Å². The van der Waals surface area contributed by atoms with E-state index in [1.807, 2.05) is 12.1 Å². The van der Waals surface area contributed by atoms with Crippen LogP contribution >= 0.6 is 0 Å². The highest BCUT2D eigenvalue weighted by molar-refractivity contribution is 5.95. The number of nitrogens with two attached hydrogens (primary N) is 1. The number of carbonyl (C=O) groups excluding carboxylic acids is 1. The summed E-state index contributed by atoms with van der Waals surface area (Å²) in [7, 11) is 0. The number of hydrogen-bond acceptors (Lipinski definition) is 5. The molecule has 1 aliphatic heterocycles. The molecule has 2 N–H and O–H groups in total. The predicted octanol–water partition coefficient (Wildman–Crippen LogP) is 4.08. The summed E-state index contributed by atoms with van der Waals surface area (Å²) in [6.07, 6.45) is 1.97. The predicted molar refractivity (Wildman–Crippen MR) is 130 cm³/mol. The van der Waals surface area contributed by atoms with Crippen molar-refractivity contribution < 1.29 is 9.53 Å². The molecular formula is C26H32N4O2. The van der Waals surface area contributed by atoms with Gasteiger partial charge in [-0.3, -0.25) is 4.79 Å². The topological polar surface area (TPSA) is 71.7 Å². The summed E-state index contributed by atoms with van der Waals surface area (Å²) in [4.78, 5) is 20.8. The van der Waals surface area contributed by atoms with Gasteiger partial charge in [-0.2, -0.15) is 0 Å². The van der Waals surface area contributed by atoms with E-state index in [0.717, 1.165) is 68.4 Å². The van der Waals surface area contributed by atoms with Crippen LogP contribution in [0, 0.1) is 0 Å². The molecule has 0 unspecified atom stereocenters. The van der Waals surface area contributed by atoms with Crippen molar-refractivity contribution >= 4 is 22.5 Å². The van der Waals surface area contributed by atoms with Gasteiger partial charge in [0.2, 0.25) is 5.91 Å². The van der Waals surface area contributed by atoms with Crippen molar-refractivity contribution in [3.05, 3.63) is 54.6 Å². The summed E-state index contributed by atoms with van der Waals surface area (Å²) in [6.45, 7) is 8.03. The molecule has 32 heavy (non-hydrogen) atoms. The van der Waals surface area contributed by atoms with Gasteiger partial charge >= 0.3 is 0 Å². The van der Waals surface area contributed by atoms with Crippen LogP contribution in [0.3, 0.4) is 0 Å². The largest absolute Gasteiger partial charge is 0.494 e. The van der Waals surface area contributed by atoms with Crippen LogP contribution in [0.4, 0.5) is 5.82 Å². The van der Waals surface area contributed by atoms with Crippen LogP contribution in [0.2, 0.25) is 0 Å². The molecule has 0 atom stereocenters. The number of benzene rings is 2. The summed E-state index contributed by atoms with van der Waals surface area (Å²) < 4.78 is 5.80. The first kappa shape index (κ1) is 22.1. The Morgan fingerprint density at radius 3 is 2.50 bits per heavy atom. The molecule has 3 aromatic rings. The zero-order valence-electron chi connectivity index (χ0n) is 18.8. The Balaban J connectivity index is 1.51. The number of piperazine rings is 1. The lowest BCUT2D eigenvalue weighted by Crippen LogP contribution is -2.46. The van der Waals surface area contributed by atoms with Crippen LogP contribution in [0.1, 0.15) is 26.2 Å². The zero-order valence-corrected chi connectivity index (χ0v) is 18.8. The second kappa shape index (κ2) is 10.5. The van der Waals surface area contributed by atoms with Crippen molar-refractivity contribution in [2.75, 3.05) is 44.2 Å². The third kappa shape index (κ3) is 5.37. The molecule has 4 rings (SSSR count). The van der Waals surface area contributed by atoms with E-state index in [0.29, 0.717) is 13.0 Å². The molecule has 1 saturated heterocycles. The first-order chi connectivity index (χ1) is 15.6. The van der Waals surface area contributed by atoms with Crippen LogP contribution in [-0.2, 0) is 4.79 Å². The number of rotatable bonds is 9. The minimum Gasteiger partial charge on any atom is -0.494 e. The smallest absolute Gasteiger partial charge is 0.217 e. The molecule has 2 heterocycles. The van der Waals surface area contributed by atoms with Gasteiger partial charge in [0, 0.05) is 43.5 Å². The number of aromatic nitrogens is 1. The third-order valence-electron chi connectivity index (χ3n) is 6.08. The van der Waals surface area contributed by atoms with E-state index in [4.69, 9.17) is 15.5 Å². The van der Waals surface area contributed by atoms with Gasteiger partial charge in [0.15, 0.2) is 0 Å². The third-order valence-corrected chi connectivity index (χ3v) is 6.08. The minimum absolute atomic E-state index is 0.260. The maximum absolute atomic E-state index is 10.8. The molecule has 1 fully saturated rings. The van der Waals surface area contributed by atoms with Gasteiger partial charge in [-0.05, 0) is 55.1 Å².